The molecular weight excluding hydrogens is 316 g/mol. The number of rotatable bonds is 3. The Labute approximate surface area is 145 Å². The van der Waals surface area contributed by atoms with E-state index >= 15 is 0 Å². The van der Waals surface area contributed by atoms with E-state index in [9.17, 15) is 4.79 Å². The van der Waals surface area contributed by atoms with Crippen molar-refractivity contribution in [2.75, 3.05) is 13.6 Å². The molecule has 1 N–H and O–H groups in total. The van der Waals surface area contributed by atoms with Crippen LogP contribution in [0.4, 0.5) is 0 Å². The number of pyridine rings is 1. The van der Waals surface area contributed by atoms with Gasteiger partial charge in [0.05, 0.1) is 6.54 Å². The number of fused-ring (bicyclic) bond motifs is 2. The molecule has 1 aliphatic rings. The van der Waals surface area contributed by atoms with E-state index in [-0.39, 0.29) is 5.91 Å². The second kappa shape index (κ2) is 6.25. The van der Waals surface area contributed by atoms with Gasteiger partial charge in [-0.1, -0.05) is 0 Å². The number of nitrogens with one attached hydrogen (secondary N) is 1. The van der Waals surface area contributed by atoms with Crippen molar-refractivity contribution in [3.63, 3.8) is 0 Å². The predicted molar refractivity (Wildman–Crippen MR) is 94.0 cm³/mol. The molecule has 1 aliphatic heterocycles. The molecule has 0 unspecified atom stereocenters. The van der Waals surface area contributed by atoms with Gasteiger partial charge in [-0.25, -0.2) is 15.0 Å². The summed E-state index contributed by atoms with van der Waals surface area (Å²) in [5.74, 6) is 0.417. The highest BCUT2D eigenvalue weighted by molar-refractivity contribution is 5.94. The van der Waals surface area contributed by atoms with E-state index in [0.29, 0.717) is 18.1 Å². The molecule has 1 amide bonds. The first kappa shape index (κ1) is 15.7. The monoisotopic (exact) mass is 336 g/mol. The predicted octanol–water partition coefficient (Wildman–Crippen LogP) is 1.28. The van der Waals surface area contributed by atoms with Crippen molar-refractivity contribution in [1.82, 2.24) is 29.7 Å². The van der Waals surface area contributed by atoms with Crippen molar-refractivity contribution in [2.24, 2.45) is 7.05 Å². The Morgan fingerprint density at radius 1 is 1.24 bits per heavy atom. The molecule has 0 saturated carbocycles. The van der Waals surface area contributed by atoms with Gasteiger partial charge in [0.1, 0.15) is 17.2 Å². The van der Waals surface area contributed by atoms with Crippen LogP contribution in [0.1, 0.15) is 27.6 Å². The topological polar surface area (TPSA) is 75.9 Å². The first-order chi connectivity index (χ1) is 12.1. The fourth-order valence-electron chi connectivity index (χ4n) is 3.09. The minimum absolute atomic E-state index is 0.218. The summed E-state index contributed by atoms with van der Waals surface area (Å²) in [6.45, 7) is 2.17. The van der Waals surface area contributed by atoms with Crippen LogP contribution in [0.15, 0.2) is 30.6 Å². The third kappa shape index (κ3) is 3.10. The SMILES string of the molecule is CN1CCc2nc(CNC(=O)c3ccc4ccn(C)c4n3)ncc2C1. The minimum Gasteiger partial charge on any atom is -0.343 e. The Hall–Kier alpha value is -2.80. The van der Waals surface area contributed by atoms with Gasteiger partial charge in [0.2, 0.25) is 0 Å². The number of hydrogen-bond donors (Lipinski definition) is 1. The van der Waals surface area contributed by atoms with E-state index in [1.54, 1.807) is 6.07 Å². The number of carbonyl (C=O) groups excluding carboxylic acids is 1. The van der Waals surface area contributed by atoms with Crippen LogP contribution >= 0.6 is 0 Å². The molecule has 0 aliphatic carbocycles. The quantitative estimate of drug-likeness (QED) is 0.780. The van der Waals surface area contributed by atoms with Gasteiger partial charge in [-0.3, -0.25) is 4.79 Å². The van der Waals surface area contributed by atoms with Crippen LogP contribution in [-0.2, 0) is 26.6 Å². The van der Waals surface area contributed by atoms with E-state index in [0.717, 1.165) is 36.2 Å². The maximum absolute atomic E-state index is 12.4. The molecule has 4 heterocycles. The summed E-state index contributed by atoms with van der Waals surface area (Å²) in [6.07, 6.45) is 4.71. The number of likely N-dealkylation sites (N-methyl/N-ethyl adjacent to an activating group) is 1. The van der Waals surface area contributed by atoms with E-state index in [1.807, 2.05) is 36.1 Å². The van der Waals surface area contributed by atoms with Crippen LogP contribution in [0.25, 0.3) is 11.0 Å². The maximum atomic E-state index is 12.4. The van der Waals surface area contributed by atoms with Gasteiger partial charge < -0.3 is 14.8 Å². The standard InChI is InChI=1S/C18H20N6O/c1-23-7-6-14-13(11-23)9-19-16(21-14)10-20-18(25)15-4-3-12-5-8-24(2)17(12)22-15/h3-5,8-9H,6-7,10-11H2,1-2H3,(H,20,25). The van der Waals surface area contributed by atoms with Crippen LogP contribution in [0.2, 0.25) is 0 Å². The highest BCUT2D eigenvalue weighted by Crippen LogP contribution is 2.15. The number of aromatic nitrogens is 4. The molecule has 3 aromatic rings. The van der Waals surface area contributed by atoms with Crippen LogP contribution in [0, 0.1) is 0 Å². The van der Waals surface area contributed by atoms with E-state index < -0.39 is 0 Å². The lowest BCUT2D eigenvalue weighted by Crippen LogP contribution is -2.29. The van der Waals surface area contributed by atoms with Crippen LogP contribution < -0.4 is 5.32 Å². The van der Waals surface area contributed by atoms with Crippen LogP contribution in [0.3, 0.4) is 0 Å². The Bertz CT molecular complexity index is 948. The highest BCUT2D eigenvalue weighted by atomic mass is 16.1. The van der Waals surface area contributed by atoms with Crippen molar-refractivity contribution < 1.29 is 4.79 Å². The number of hydrogen-bond acceptors (Lipinski definition) is 5. The number of nitrogens with zero attached hydrogens (tertiary/aromatic N) is 5. The largest absolute Gasteiger partial charge is 0.343 e. The zero-order valence-electron chi connectivity index (χ0n) is 14.4. The average Bonchev–Trinajstić information content (AvgIpc) is 3.00. The molecule has 0 radical (unpaired) electrons. The smallest absolute Gasteiger partial charge is 0.270 e. The van der Waals surface area contributed by atoms with Crippen LogP contribution in [-0.4, -0.2) is 43.9 Å². The summed E-state index contributed by atoms with van der Waals surface area (Å²) in [5, 5.41) is 3.88. The zero-order valence-corrected chi connectivity index (χ0v) is 14.4. The summed E-state index contributed by atoms with van der Waals surface area (Å²) in [7, 11) is 4.00. The van der Waals surface area contributed by atoms with Crippen molar-refractivity contribution in [2.45, 2.75) is 19.5 Å². The molecule has 0 aromatic carbocycles. The lowest BCUT2D eigenvalue weighted by Gasteiger charge is -2.23. The lowest BCUT2D eigenvalue weighted by molar-refractivity contribution is 0.0945. The molecule has 7 heteroatoms. The Morgan fingerprint density at radius 2 is 2.12 bits per heavy atom. The van der Waals surface area contributed by atoms with Crippen LogP contribution in [0.5, 0.6) is 0 Å². The Balaban J connectivity index is 1.47. The second-order valence-corrected chi connectivity index (χ2v) is 6.46. The summed E-state index contributed by atoms with van der Waals surface area (Å²) in [6, 6.07) is 5.62. The molecular formula is C18H20N6O. The third-order valence-electron chi connectivity index (χ3n) is 4.53. The normalized spacial score (nSPS) is 14.5. The number of amides is 1. The second-order valence-electron chi connectivity index (χ2n) is 6.46. The molecule has 0 atom stereocenters. The summed E-state index contributed by atoms with van der Waals surface area (Å²) < 4.78 is 1.90. The first-order valence-electron chi connectivity index (χ1n) is 8.32. The van der Waals surface area contributed by atoms with Gasteiger partial charge >= 0.3 is 0 Å². The summed E-state index contributed by atoms with van der Waals surface area (Å²) >= 11 is 0. The molecule has 4 rings (SSSR count). The third-order valence-corrected chi connectivity index (χ3v) is 4.53. The van der Waals surface area contributed by atoms with E-state index in [1.165, 1.54) is 5.56 Å². The van der Waals surface area contributed by atoms with Gasteiger partial charge in [-0.15, -0.1) is 0 Å². The van der Waals surface area contributed by atoms with Crippen molar-refractivity contribution in [3.8, 4) is 0 Å². The summed E-state index contributed by atoms with van der Waals surface area (Å²) in [5.41, 5.74) is 3.44. The van der Waals surface area contributed by atoms with Crippen molar-refractivity contribution in [3.05, 3.63) is 53.4 Å². The van der Waals surface area contributed by atoms with Gasteiger partial charge in [-0.2, -0.15) is 0 Å². The molecule has 128 valence electrons. The number of carbonyl (C=O) groups is 1. The molecule has 0 saturated heterocycles. The van der Waals surface area contributed by atoms with Crippen molar-refractivity contribution in [1.29, 1.82) is 0 Å². The fraction of sp³-hybridized carbons (Fsp3) is 0.333. The molecule has 0 bridgehead atoms. The Kier molecular flexibility index (Phi) is 3.93. The zero-order chi connectivity index (χ0) is 17.4. The number of aryl methyl sites for hydroxylation is 1. The first-order valence-corrected chi connectivity index (χ1v) is 8.32. The average molecular weight is 336 g/mol. The Morgan fingerprint density at radius 3 is 3.00 bits per heavy atom. The molecule has 7 nitrogen and oxygen atoms in total. The maximum Gasteiger partial charge on any atom is 0.270 e. The minimum atomic E-state index is -0.218. The highest BCUT2D eigenvalue weighted by Gasteiger charge is 2.16. The fourth-order valence-corrected chi connectivity index (χ4v) is 3.09. The van der Waals surface area contributed by atoms with Gasteiger partial charge in [0.25, 0.3) is 5.91 Å². The lowest BCUT2D eigenvalue weighted by atomic mass is 10.1. The molecule has 25 heavy (non-hydrogen) atoms. The van der Waals surface area contributed by atoms with E-state index in [4.69, 9.17) is 0 Å². The molecule has 0 fully saturated rings. The summed E-state index contributed by atoms with van der Waals surface area (Å²) in [4.78, 5) is 28.0. The molecule has 0 spiro atoms. The van der Waals surface area contributed by atoms with Gasteiger partial charge in [-0.05, 0) is 25.2 Å². The molecule has 3 aromatic heterocycles. The van der Waals surface area contributed by atoms with Crippen molar-refractivity contribution >= 4 is 16.9 Å². The van der Waals surface area contributed by atoms with E-state index in [2.05, 4.69) is 32.2 Å². The van der Waals surface area contributed by atoms with Gasteiger partial charge in [0, 0.05) is 55.6 Å². The van der Waals surface area contributed by atoms with Gasteiger partial charge in [0.15, 0.2) is 0 Å².